The van der Waals surface area contributed by atoms with E-state index in [1.54, 1.807) is 6.20 Å². The monoisotopic (exact) mass is 358 g/mol. The van der Waals surface area contributed by atoms with Crippen molar-refractivity contribution >= 4 is 33.7 Å². The van der Waals surface area contributed by atoms with E-state index in [2.05, 4.69) is 63.2 Å². The summed E-state index contributed by atoms with van der Waals surface area (Å²) in [5.41, 5.74) is 7.89. The average Bonchev–Trinajstić information content (AvgIpc) is 3.30. The zero-order valence-electron chi connectivity index (χ0n) is 15.0. The van der Waals surface area contributed by atoms with Gasteiger partial charge in [-0.3, -0.25) is 0 Å². The third-order valence-electron chi connectivity index (χ3n) is 5.21. The molecule has 1 aliphatic rings. The largest absolute Gasteiger partial charge is 0.367 e. The highest BCUT2D eigenvalue weighted by molar-refractivity contribution is 5.86. The van der Waals surface area contributed by atoms with E-state index in [0.29, 0.717) is 6.04 Å². The van der Waals surface area contributed by atoms with Gasteiger partial charge in [0.2, 0.25) is 0 Å². The fourth-order valence-corrected chi connectivity index (χ4v) is 3.85. The van der Waals surface area contributed by atoms with Crippen molar-refractivity contribution < 1.29 is 0 Å². The number of rotatable bonds is 4. The summed E-state index contributed by atoms with van der Waals surface area (Å²) >= 11 is 0. The van der Waals surface area contributed by atoms with E-state index in [1.807, 2.05) is 16.6 Å². The van der Waals surface area contributed by atoms with E-state index in [0.717, 1.165) is 42.2 Å². The Labute approximate surface area is 157 Å². The fourth-order valence-electron chi connectivity index (χ4n) is 3.85. The first-order valence-electron chi connectivity index (χ1n) is 9.37. The lowest BCUT2D eigenvalue weighted by atomic mass is 10.1. The molecule has 2 atom stereocenters. The minimum atomic E-state index is 0.285. The van der Waals surface area contributed by atoms with Gasteiger partial charge in [-0.25, -0.2) is 4.98 Å². The van der Waals surface area contributed by atoms with Gasteiger partial charge in [-0.05, 0) is 42.2 Å². The zero-order valence-corrected chi connectivity index (χ0v) is 15.0. The molecule has 0 unspecified atom stereocenters. The molecular formula is C21H22N6. The van der Waals surface area contributed by atoms with E-state index >= 15 is 0 Å². The Balaban J connectivity index is 1.47. The molecule has 0 bridgehead atoms. The average molecular weight is 358 g/mol. The number of nitrogens with one attached hydrogen (secondary N) is 2. The molecule has 0 saturated heterocycles. The summed E-state index contributed by atoms with van der Waals surface area (Å²) in [6.07, 6.45) is 4.90. The molecule has 6 heteroatoms. The highest BCUT2D eigenvalue weighted by Gasteiger charge is 2.22. The van der Waals surface area contributed by atoms with Gasteiger partial charge >= 0.3 is 0 Å². The molecule has 1 saturated carbocycles. The van der Waals surface area contributed by atoms with Gasteiger partial charge in [0, 0.05) is 29.9 Å². The molecule has 0 spiro atoms. The third-order valence-corrected chi connectivity index (χ3v) is 5.21. The molecule has 0 aliphatic heterocycles. The molecule has 1 aliphatic carbocycles. The first-order chi connectivity index (χ1) is 13.2. The highest BCUT2D eigenvalue weighted by atomic mass is 15.3. The van der Waals surface area contributed by atoms with Crippen molar-refractivity contribution in [3.05, 3.63) is 60.8 Å². The summed E-state index contributed by atoms with van der Waals surface area (Å²) in [5.74, 6) is 1.73. The third kappa shape index (κ3) is 3.19. The summed E-state index contributed by atoms with van der Waals surface area (Å²) in [5, 5.41) is 13.9. The van der Waals surface area contributed by atoms with Gasteiger partial charge < -0.3 is 16.4 Å². The number of hydrogen-bond acceptors (Lipinski definition) is 5. The molecule has 6 nitrogen and oxygen atoms in total. The number of aromatic nitrogens is 3. The van der Waals surface area contributed by atoms with Crippen LogP contribution >= 0.6 is 0 Å². The van der Waals surface area contributed by atoms with Crippen LogP contribution in [0.25, 0.3) is 16.4 Å². The minimum Gasteiger partial charge on any atom is -0.367 e. The molecule has 5 rings (SSSR count). The lowest BCUT2D eigenvalue weighted by Crippen LogP contribution is -2.22. The number of nitrogens with two attached hydrogens (primary N) is 1. The minimum absolute atomic E-state index is 0.285. The van der Waals surface area contributed by atoms with Crippen LogP contribution in [0.4, 0.5) is 17.3 Å². The molecule has 4 aromatic rings. The Morgan fingerprint density at radius 1 is 1.00 bits per heavy atom. The Bertz CT molecular complexity index is 1100. The topological polar surface area (TPSA) is 80.3 Å². The second-order valence-corrected chi connectivity index (χ2v) is 7.23. The Kier molecular flexibility index (Phi) is 3.90. The van der Waals surface area contributed by atoms with Crippen LogP contribution in [-0.4, -0.2) is 26.7 Å². The van der Waals surface area contributed by atoms with Gasteiger partial charge in [0.15, 0.2) is 5.65 Å². The standard InChI is InChI=1S/C21H22N6/c22-16-6-8-18(12-16)25-21-13-19(26-20-9-10-23-27(20)21)24-17-7-5-14-3-1-2-4-15(14)11-17/h1-5,7,9-11,13,16,18,25H,6,8,12,22H2,(H,24,26)/t16-,18-/m0/s1. The quantitative estimate of drug-likeness (QED) is 0.515. The van der Waals surface area contributed by atoms with Crippen LogP contribution < -0.4 is 16.4 Å². The van der Waals surface area contributed by atoms with Crippen LogP contribution in [0.5, 0.6) is 0 Å². The second-order valence-electron chi connectivity index (χ2n) is 7.23. The molecule has 136 valence electrons. The Hall–Kier alpha value is -3.12. The summed E-state index contributed by atoms with van der Waals surface area (Å²) in [7, 11) is 0. The van der Waals surface area contributed by atoms with Crippen LogP contribution in [0.3, 0.4) is 0 Å². The molecule has 4 N–H and O–H groups in total. The smallest absolute Gasteiger partial charge is 0.159 e. The lowest BCUT2D eigenvalue weighted by Gasteiger charge is -2.16. The SMILES string of the molecule is N[C@H]1CC[C@H](Nc2cc(Nc3ccc4ccccc4c3)nc3ccnn23)C1. The predicted octanol–water partition coefficient (Wildman–Crippen LogP) is 3.92. The molecule has 2 aromatic heterocycles. The van der Waals surface area contributed by atoms with Crippen molar-refractivity contribution in [1.82, 2.24) is 14.6 Å². The van der Waals surface area contributed by atoms with Crippen molar-refractivity contribution in [2.45, 2.75) is 31.3 Å². The second kappa shape index (κ2) is 6.55. The van der Waals surface area contributed by atoms with E-state index < -0.39 is 0 Å². The summed E-state index contributed by atoms with van der Waals surface area (Å²) in [6, 6.07) is 19.3. The molecule has 2 heterocycles. The zero-order chi connectivity index (χ0) is 18.2. The lowest BCUT2D eigenvalue weighted by molar-refractivity contribution is 0.684. The molecular weight excluding hydrogens is 336 g/mol. The van der Waals surface area contributed by atoms with Crippen molar-refractivity contribution in [2.75, 3.05) is 10.6 Å². The van der Waals surface area contributed by atoms with Gasteiger partial charge in [0.25, 0.3) is 0 Å². The van der Waals surface area contributed by atoms with E-state index in [4.69, 9.17) is 5.73 Å². The van der Waals surface area contributed by atoms with E-state index in [-0.39, 0.29) is 6.04 Å². The van der Waals surface area contributed by atoms with Crippen LogP contribution in [-0.2, 0) is 0 Å². The van der Waals surface area contributed by atoms with Gasteiger partial charge in [-0.2, -0.15) is 9.61 Å². The number of hydrogen-bond donors (Lipinski definition) is 3. The van der Waals surface area contributed by atoms with Crippen molar-refractivity contribution in [3.63, 3.8) is 0 Å². The van der Waals surface area contributed by atoms with Crippen molar-refractivity contribution in [1.29, 1.82) is 0 Å². The number of fused-ring (bicyclic) bond motifs is 2. The highest BCUT2D eigenvalue weighted by Crippen LogP contribution is 2.26. The van der Waals surface area contributed by atoms with Crippen molar-refractivity contribution in [3.8, 4) is 0 Å². The molecule has 2 aromatic carbocycles. The normalized spacial score (nSPS) is 19.6. The van der Waals surface area contributed by atoms with Gasteiger partial charge in [0.1, 0.15) is 11.6 Å². The Morgan fingerprint density at radius 3 is 2.74 bits per heavy atom. The van der Waals surface area contributed by atoms with Crippen LogP contribution in [0.2, 0.25) is 0 Å². The molecule has 1 fully saturated rings. The maximum absolute atomic E-state index is 6.06. The molecule has 0 radical (unpaired) electrons. The van der Waals surface area contributed by atoms with Crippen molar-refractivity contribution in [2.24, 2.45) is 5.73 Å². The van der Waals surface area contributed by atoms with E-state index in [1.165, 1.54) is 10.8 Å². The van der Waals surface area contributed by atoms with Crippen LogP contribution in [0.1, 0.15) is 19.3 Å². The van der Waals surface area contributed by atoms with Gasteiger partial charge in [0.05, 0.1) is 6.20 Å². The summed E-state index contributed by atoms with van der Waals surface area (Å²) in [4.78, 5) is 4.69. The fraction of sp³-hybridized carbons (Fsp3) is 0.238. The number of nitrogens with zero attached hydrogens (tertiary/aromatic N) is 3. The molecule has 0 amide bonds. The van der Waals surface area contributed by atoms with Gasteiger partial charge in [-0.1, -0.05) is 30.3 Å². The Morgan fingerprint density at radius 2 is 1.89 bits per heavy atom. The van der Waals surface area contributed by atoms with E-state index in [9.17, 15) is 0 Å². The predicted molar refractivity (Wildman–Crippen MR) is 109 cm³/mol. The first-order valence-corrected chi connectivity index (χ1v) is 9.37. The number of anilines is 3. The molecule has 27 heavy (non-hydrogen) atoms. The first kappa shape index (κ1) is 16.1. The number of benzene rings is 2. The maximum atomic E-state index is 6.06. The van der Waals surface area contributed by atoms with Gasteiger partial charge in [-0.15, -0.1) is 0 Å². The van der Waals surface area contributed by atoms with Crippen LogP contribution in [0.15, 0.2) is 60.8 Å². The maximum Gasteiger partial charge on any atom is 0.159 e. The van der Waals surface area contributed by atoms with Crippen LogP contribution in [0, 0.1) is 0 Å². The summed E-state index contributed by atoms with van der Waals surface area (Å²) in [6.45, 7) is 0. The summed E-state index contributed by atoms with van der Waals surface area (Å²) < 4.78 is 1.84.